The van der Waals surface area contributed by atoms with Gasteiger partial charge in [-0.3, -0.25) is 19.0 Å². The van der Waals surface area contributed by atoms with Gasteiger partial charge in [-0.25, -0.2) is 9.59 Å². The Bertz CT molecular complexity index is 1530. The first-order valence-corrected chi connectivity index (χ1v) is 16.4. The third-order valence-corrected chi connectivity index (χ3v) is 9.27. The van der Waals surface area contributed by atoms with Crippen LogP contribution in [0.5, 0.6) is 0 Å². The zero-order valence-electron chi connectivity index (χ0n) is 23.6. The number of aromatic nitrogens is 4. The topological polar surface area (TPSA) is 246 Å². The van der Waals surface area contributed by atoms with Gasteiger partial charge in [-0.05, 0) is 43.5 Å². The number of tetrazole rings is 1. The maximum absolute atomic E-state index is 13.4. The lowest BCUT2D eigenvalue weighted by Gasteiger charge is -2.50. The Balaban J connectivity index is 1.55. The van der Waals surface area contributed by atoms with E-state index in [-0.39, 0.29) is 35.1 Å². The van der Waals surface area contributed by atoms with Crippen molar-refractivity contribution in [2.75, 3.05) is 12.3 Å². The largest absolute Gasteiger partial charge is 0.477 e. The summed E-state index contributed by atoms with van der Waals surface area (Å²) in [6.07, 6.45) is -0.836. The van der Waals surface area contributed by atoms with E-state index in [2.05, 4.69) is 31.3 Å². The van der Waals surface area contributed by atoms with Gasteiger partial charge in [0.1, 0.15) is 28.8 Å². The predicted octanol–water partition coefficient (Wildman–Crippen LogP) is 0.448. The molecule has 3 unspecified atom stereocenters. The predicted molar refractivity (Wildman–Crippen MR) is 156 cm³/mol. The van der Waals surface area contributed by atoms with Crippen LogP contribution in [0.3, 0.4) is 0 Å². The molecule has 1 fully saturated rings. The van der Waals surface area contributed by atoms with Crippen LogP contribution in [0.4, 0.5) is 4.79 Å². The quantitative estimate of drug-likeness (QED) is 0.102. The maximum atomic E-state index is 13.4. The first-order valence-electron chi connectivity index (χ1n) is 13.0. The zero-order chi connectivity index (χ0) is 32.2. The standard InChI is InChI=1S/C24H30N8O9S3/c1-24(2,3)41-23(37)27-15(12-7-5-4-6-8-12)18(33)26-16-19(34)32-17(21(35)36)13(11-42-20(16)32)14(9-10-25-44(38,39)40)43-22-28-30-31-29-22/h4-8,14-16,20,25H,9-11H2,1-3H3,(H,26,33)(H,27,37)(H,35,36)(H,38,39,40)(H,28,29,30,31)/t14?,15?,16?,20-/m0/s1. The smallest absolute Gasteiger partial charge is 0.408 e. The number of ether oxygens (including phenoxy) is 1. The number of amides is 3. The van der Waals surface area contributed by atoms with Crippen molar-refractivity contribution in [1.82, 2.24) is 40.9 Å². The van der Waals surface area contributed by atoms with Crippen LogP contribution < -0.4 is 15.4 Å². The van der Waals surface area contributed by atoms with E-state index in [0.29, 0.717) is 5.56 Å². The number of nitrogens with one attached hydrogen (secondary N) is 4. The summed E-state index contributed by atoms with van der Waals surface area (Å²) in [6.45, 7) is 4.76. The number of nitrogens with zero attached hydrogens (tertiary/aromatic N) is 4. The van der Waals surface area contributed by atoms with Crippen LogP contribution in [0.1, 0.15) is 38.8 Å². The molecule has 2 aliphatic rings. The lowest BCUT2D eigenvalue weighted by molar-refractivity contribution is -0.151. The SMILES string of the molecule is CC(C)(C)OC(=O)NC(C(=O)NC1C(=O)N2C(C(=O)O)=C(C(CCNS(=O)(=O)O)Sc3nn[nH]n3)CS[C@@H]12)c1ccccc1. The molecule has 1 aromatic carbocycles. The highest BCUT2D eigenvalue weighted by Gasteiger charge is 2.55. The molecule has 44 heavy (non-hydrogen) atoms. The molecule has 2 aromatic rings. The van der Waals surface area contributed by atoms with Gasteiger partial charge in [-0.2, -0.15) is 18.4 Å². The molecule has 2 aliphatic heterocycles. The van der Waals surface area contributed by atoms with E-state index in [1.807, 2.05) is 4.72 Å². The molecule has 4 atom stereocenters. The summed E-state index contributed by atoms with van der Waals surface area (Å²) in [5.74, 6) is -2.69. The summed E-state index contributed by atoms with van der Waals surface area (Å²) >= 11 is 2.19. The van der Waals surface area contributed by atoms with Crippen molar-refractivity contribution in [2.45, 2.75) is 60.7 Å². The highest BCUT2D eigenvalue weighted by molar-refractivity contribution is 8.01. The van der Waals surface area contributed by atoms with Gasteiger partial charge in [0, 0.05) is 17.5 Å². The van der Waals surface area contributed by atoms with Crippen LogP contribution in [0.2, 0.25) is 0 Å². The maximum Gasteiger partial charge on any atom is 0.408 e. The monoisotopic (exact) mass is 670 g/mol. The van der Waals surface area contributed by atoms with Crippen LogP contribution in [-0.4, -0.2) is 102 Å². The highest BCUT2D eigenvalue weighted by atomic mass is 32.2. The number of rotatable bonds is 12. The molecule has 1 aromatic heterocycles. The number of H-pyrrole nitrogens is 1. The molecule has 0 saturated carbocycles. The summed E-state index contributed by atoms with van der Waals surface area (Å²) in [4.78, 5) is 52.9. The number of β-lactam (4-membered cyclic amide) rings is 1. The lowest BCUT2D eigenvalue weighted by atomic mass is 9.99. The molecule has 1 saturated heterocycles. The molecule has 4 rings (SSSR count). The Hall–Kier alpha value is -3.72. The summed E-state index contributed by atoms with van der Waals surface area (Å²) in [5, 5.41) is 27.4. The zero-order valence-corrected chi connectivity index (χ0v) is 26.0. The first-order chi connectivity index (χ1) is 20.6. The van der Waals surface area contributed by atoms with E-state index in [0.717, 1.165) is 16.7 Å². The minimum atomic E-state index is -4.51. The number of hydrogen-bond donors (Lipinski definition) is 6. The third kappa shape index (κ3) is 8.25. The second-order valence-corrected chi connectivity index (χ2v) is 14.0. The Morgan fingerprint density at radius 3 is 2.55 bits per heavy atom. The van der Waals surface area contributed by atoms with Gasteiger partial charge in [0.15, 0.2) is 0 Å². The average molecular weight is 671 g/mol. The molecule has 0 radical (unpaired) electrons. The van der Waals surface area contributed by atoms with E-state index in [9.17, 15) is 32.7 Å². The second kappa shape index (κ2) is 13.5. The van der Waals surface area contributed by atoms with Gasteiger partial charge in [-0.15, -0.1) is 22.0 Å². The lowest BCUT2D eigenvalue weighted by Crippen LogP contribution is -2.71. The summed E-state index contributed by atoms with van der Waals surface area (Å²) in [7, 11) is -4.51. The van der Waals surface area contributed by atoms with Crippen molar-refractivity contribution in [3.05, 3.63) is 47.2 Å². The van der Waals surface area contributed by atoms with Crippen molar-refractivity contribution in [1.29, 1.82) is 0 Å². The van der Waals surface area contributed by atoms with Crippen molar-refractivity contribution in [2.24, 2.45) is 0 Å². The van der Waals surface area contributed by atoms with Gasteiger partial charge in [-0.1, -0.05) is 42.1 Å². The number of fused-ring (bicyclic) bond motifs is 1. The van der Waals surface area contributed by atoms with E-state index >= 15 is 0 Å². The van der Waals surface area contributed by atoms with Crippen molar-refractivity contribution < 1.29 is 42.0 Å². The number of carboxylic acid groups (broad SMARTS) is 1. The Labute approximate surface area is 260 Å². The Kier molecular flexibility index (Phi) is 10.2. The molecule has 0 aliphatic carbocycles. The number of carbonyl (C=O) groups excluding carboxylic acids is 3. The van der Waals surface area contributed by atoms with Crippen LogP contribution in [0.25, 0.3) is 0 Å². The van der Waals surface area contributed by atoms with Crippen LogP contribution in [0, 0.1) is 0 Å². The van der Waals surface area contributed by atoms with Crippen LogP contribution in [0.15, 0.2) is 46.8 Å². The number of aliphatic carboxylic acids is 1. The van der Waals surface area contributed by atoms with Crippen LogP contribution >= 0.6 is 23.5 Å². The van der Waals surface area contributed by atoms with Gasteiger partial charge in [0.05, 0.1) is 0 Å². The molecule has 0 bridgehead atoms. The summed E-state index contributed by atoms with van der Waals surface area (Å²) < 4.78 is 38.7. The van der Waals surface area contributed by atoms with Gasteiger partial charge >= 0.3 is 22.4 Å². The number of hydrogen-bond acceptors (Lipinski definition) is 12. The Morgan fingerprint density at radius 2 is 1.95 bits per heavy atom. The van der Waals surface area contributed by atoms with Crippen LogP contribution in [-0.2, 0) is 29.4 Å². The van der Waals surface area contributed by atoms with Gasteiger partial charge in [0.2, 0.25) is 11.1 Å². The number of thioether (sulfide) groups is 2. The number of benzene rings is 1. The molecule has 3 amide bonds. The fourth-order valence-corrected chi connectivity index (χ4v) is 7.36. The fourth-order valence-electron chi connectivity index (χ4n) is 4.45. The highest BCUT2D eigenvalue weighted by Crippen LogP contribution is 2.44. The molecular formula is C24H30N8O9S3. The minimum absolute atomic E-state index is 0.00756. The first kappa shape index (κ1) is 33.2. The van der Waals surface area contributed by atoms with Gasteiger partial charge in [0.25, 0.3) is 5.91 Å². The fraction of sp³-hybridized carbons (Fsp3) is 0.458. The van der Waals surface area contributed by atoms with E-state index in [1.165, 1.54) is 11.8 Å². The summed E-state index contributed by atoms with van der Waals surface area (Å²) in [5.41, 5.74) is -0.421. The third-order valence-electron chi connectivity index (χ3n) is 6.21. The van der Waals surface area contributed by atoms with Crippen molar-refractivity contribution in [3.63, 3.8) is 0 Å². The number of aromatic amines is 1. The number of carbonyl (C=O) groups is 4. The molecule has 238 valence electrons. The normalized spacial score (nSPS) is 19.8. The van der Waals surface area contributed by atoms with Gasteiger partial charge < -0.3 is 20.5 Å². The van der Waals surface area contributed by atoms with E-state index in [1.54, 1.807) is 51.1 Å². The summed E-state index contributed by atoms with van der Waals surface area (Å²) in [6, 6.07) is 6.04. The molecule has 6 N–H and O–H groups in total. The molecule has 0 spiro atoms. The molecular weight excluding hydrogens is 641 g/mol. The molecule has 17 nitrogen and oxygen atoms in total. The molecule has 3 heterocycles. The van der Waals surface area contributed by atoms with Crippen molar-refractivity contribution in [3.8, 4) is 0 Å². The molecule has 20 heteroatoms. The second-order valence-electron chi connectivity index (χ2n) is 10.5. The van der Waals surface area contributed by atoms with E-state index in [4.69, 9.17) is 9.29 Å². The Morgan fingerprint density at radius 1 is 1.25 bits per heavy atom. The average Bonchev–Trinajstić information content (AvgIpc) is 3.45. The van der Waals surface area contributed by atoms with Crippen molar-refractivity contribution >= 4 is 57.7 Å². The van der Waals surface area contributed by atoms with E-state index < -0.39 is 62.5 Å². The number of alkyl carbamates (subject to hydrolysis) is 1. The minimum Gasteiger partial charge on any atom is -0.477 e. The number of carboxylic acids is 1.